The molecule has 140 valence electrons. The van der Waals surface area contributed by atoms with E-state index in [0.717, 1.165) is 0 Å². The van der Waals surface area contributed by atoms with Crippen LogP contribution in [0.3, 0.4) is 0 Å². The molecule has 3 aromatic rings. The lowest BCUT2D eigenvalue weighted by Crippen LogP contribution is -2.29. The molecule has 27 heavy (non-hydrogen) atoms. The number of rotatable bonds is 5. The van der Waals surface area contributed by atoms with Crippen molar-refractivity contribution in [3.8, 4) is 0 Å². The van der Waals surface area contributed by atoms with E-state index in [0.29, 0.717) is 23.8 Å². The third-order valence-electron chi connectivity index (χ3n) is 4.14. The molecular formula is C16H17N7O4. The van der Waals surface area contributed by atoms with E-state index in [-0.39, 0.29) is 16.9 Å². The molecule has 0 unspecified atom stereocenters. The van der Waals surface area contributed by atoms with Gasteiger partial charge in [0.15, 0.2) is 11.2 Å². The Kier molecular flexibility index (Phi) is 4.59. The summed E-state index contributed by atoms with van der Waals surface area (Å²) in [5.74, 6) is 0.306. The summed E-state index contributed by atoms with van der Waals surface area (Å²) in [6, 6.07) is 5.97. The van der Waals surface area contributed by atoms with Gasteiger partial charge in [-0.1, -0.05) is 0 Å². The number of imidazole rings is 1. The minimum atomic E-state index is -0.551. The van der Waals surface area contributed by atoms with Crippen LogP contribution in [0.1, 0.15) is 19.4 Å². The Balaban J connectivity index is 1.99. The Labute approximate surface area is 152 Å². The van der Waals surface area contributed by atoms with Crippen LogP contribution in [-0.4, -0.2) is 29.7 Å². The Morgan fingerprint density at radius 2 is 2.00 bits per heavy atom. The number of nitrogens with zero attached hydrogens (tertiary/aromatic N) is 5. The number of nitro groups is 1. The summed E-state index contributed by atoms with van der Waals surface area (Å²) in [5.41, 5.74) is 3.50. The van der Waals surface area contributed by atoms with Crippen LogP contribution >= 0.6 is 0 Å². The zero-order valence-electron chi connectivity index (χ0n) is 14.9. The van der Waals surface area contributed by atoms with Crippen LogP contribution in [0, 0.1) is 10.1 Å². The molecule has 3 rings (SSSR count). The average Bonchev–Trinajstić information content (AvgIpc) is 3.03. The summed E-state index contributed by atoms with van der Waals surface area (Å²) < 4.78 is 2.86. The molecule has 0 spiro atoms. The van der Waals surface area contributed by atoms with Crippen LogP contribution in [0.25, 0.3) is 11.2 Å². The fourth-order valence-corrected chi connectivity index (χ4v) is 2.65. The Morgan fingerprint density at radius 3 is 2.59 bits per heavy atom. The van der Waals surface area contributed by atoms with Crippen molar-refractivity contribution in [2.45, 2.75) is 20.4 Å². The Morgan fingerprint density at radius 1 is 1.33 bits per heavy atom. The standard InChI is InChI=1S/C16H17N7O4/c1-4-22-12-13(21(3)16(25)18-14(12)24)17-15(22)20-19-9(2)10-5-7-11(8-6-10)23(26)27/h5-8H,4H2,1-3H3,(H,17,20)(H,18,24,25)/b19-9-. The van der Waals surface area contributed by atoms with Crippen molar-refractivity contribution in [1.29, 1.82) is 0 Å². The van der Waals surface area contributed by atoms with E-state index < -0.39 is 16.2 Å². The molecule has 1 aromatic carbocycles. The first-order valence-corrected chi connectivity index (χ1v) is 8.08. The van der Waals surface area contributed by atoms with Crippen molar-refractivity contribution < 1.29 is 4.92 Å². The lowest BCUT2D eigenvalue weighted by Gasteiger charge is -2.05. The maximum Gasteiger partial charge on any atom is 0.329 e. The van der Waals surface area contributed by atoms with Gasteiger partial charge in [0.2, 0.25) is 5.95 Å². The minimum Gasteiger partial charge on any atom is -0.303 e. The zero-order valence-corrected chi connectivity index (χ0v) is 14.9. The highest BCUT2D eigenvalue weighted by Crippen LogP contribution is 2.16. The molecular weight excluding hydrogens is 354 g/mol. The fourth-order valence-electron chi connectivity index (χ4n) is 2.65. The summed E-state index contributed by atoms with van der Waals surface area (Å²) in [5, 5.41) is 15.0. The van der Waals surface area contributed by atoms with Crippen LogP contribution in [0.5, 0.6) is 0 Å². The largest absolute Gasteiger partial charge is 0.329 e. The van der Waals surface area contributed by atoms with Crippen molar-refractivity contribution in [3.63, 3.8) is 0 Å². The van der Waals surface area contributed by atoms with Gasteiger partial charge in [0.05, 0.1) is 10.6 Å². The first-order chi connectivity index (χ1) is 12.8. The van der Waals surface area contributed by atoms with Crippen molar-refractivity contribution in [2.75, 3.05) is 5.43 Å². The second-order valence-corrected chi connectivity index (χ2v) is 5.78. The van der Waals surface area contributed by atoms with E-state index in [1.165, 1.54) is 23.7 Å². The van der Waals surface area contributed by atoms with Gasteiger partial charge < -0.3 is 4.57 Å². The molecule has 11 nitrogen and oxygen atoms in total. The smallest absolute Gasteiger partial charge is 0.303 e. The molecule has 11 heteroatoms. The maximum absolute atomic E-state index is 12.1. The Bertz CT molecular complexity index is 1170. The number of benzene rings is 1. The quantitative estimate of drug-likeness (QED) is 0.392. The van der Waals surface area contributed by atoms with Gasteiger partial charge in [-0.3, -0.25) is 24.5 Å². The first-order valence-electron chi connectivity index (χ1n) is 8.08. The lowest BCUT2D eigenvalue weighted by molar-refractivity contribution is -0.384. The van der Waals surface area contributed by atoms with Crippen molar-refractivity contribution in [3.05, 3.63) is 60.8 Å². The summed E-state index contributed by atoms with van der Waals surface area (Å²) in [7, 11) is 1.52. The number of non-ortho nitro benzene ring substituents is 1. The predicted octanol–water partition coefficient (Wildman–Crippen LogP) is 1.19. The number of aryl methyl sites for hydroxylation is 2. The SMILES string of the molecule is CCn1c(N/N=C(/C)c2ccc([N+](=O)[O-])cc2)nc2c1c(=O)[nH]c(=O)n2C. The molecule has 0 aliphatic heterocycles. The molecule has 0 radical (unpaired) electrons. The van der Waals surface area contributed by atoms with Crippen LogP contribution in [0.4, 0.5) is 11.6 Å². The zero-order chi connectivity index (χ0) is 19.7. The average molecular weight is 371 g/mol. The second kappa shape index (κ2) is 6.86. The highest BCUT2D eigenvalue weighted by atomic mass is 16.6. The number of fused-ring (bicyclic) bond motifs is 1. The molecule has 2 N–H and O–H groups in total. The summed E-state index contributed by atoms with van der Waals surface area (Å²) in [4.78, 5) is 40.7. The number of hydrogen-bond acceptors (Lipinski definition) is 7. The lowest BCUT2D eigenvalue weighted by atomic mass is 10.1. The third-order valence-corrected chi connectivity index (χ3v) is 4.14. The van der Waals surface area contributed by atoms with E-state index in [4.69, 9.17) is 0 Å². The van der Waals surface area contributed by atoms with Crippen molar-refractivity contribution in [2.24, 2.45) is 12.1 Å². The number of aromatic nitrogens is 4. The molecule has 2 heterocycles. The highest BCUT2D eigenvalue weighted by Gasteiger charge is 2.16. The fraction of sp³-hybridized carbons (Fsp3) is 0.250. The van der Waals surface area contributed by atoms with Gasteiger partial charge in [-0.25, -0.2) is 10.2 Å². The molecule has 0 aliphatic carbocycles. The number of H-pyrrole nitrogens is 1. The van der Waals surface area contributed by atoms with E-state index in [2.05, 4.69) is 20.5 Å². The molecule has 0 bridgehead atoms. The predicted molar refractivity (Wildman–Crippen MR) is 100 cm³/mol. The van der Waals surface area contributed by atoms with Gasteiger partial charge >= 0.3 is 5.69 Å². The first kappa shape index (κ1) is 18.0. The molecule has 0 amide bonds. The topological polar surface area (TPSA) is 140 Å². The normalized spacial score (nSPS) is 11.7. The number of hydrogen-bond donors (Lipinski definition) is 2. The third kappa shape index (κ3) is 3.21. The van der Waals surface area contributed by atoms with Gasteiger partial charge in [-0.05, 0) is 31.5 Å². The number of aromatic amines is 1. The van der Waals surface area contributed by atoms with Crippen LogP contribution in [0.2, 0.25) is 0 Å². The van der Waals surface area contributed by atoms with Crippen LogP contribution in [0.15, 0.2) is 39.0 Å². The molecule has 0 atom stereocenters. The molecule has 2 aromatic heterocycles. The highest BCUT2D eigenvalue weighted by molar-refractivity contribution is 5.99. The van der Waals surface area contributed by atoms with E-state index in [1.807, 2.05) is 6.92 Å². The number of nitro benzene ring substituents is 1. The Hall–Kier alpha value is -3.76. The van der Waals surface area contributed by atoms with Crippen molar-refractivity contribution >= 4 is 28.5 Å². The van der Waals surface area contributed by atoms with E-state index >= 15 is 0 Å². The van der Waals surface area contributed by atoms with Crippen molar-refractivity contribution in [1.82, 2.24) is 19.1 Å². The number of anilines is 1. The summed E-state index contributed by atoms with van der Waals surface area (Å²) in [6.45, 7) is 4.01. The van der Waals surface area contributed by atoms with Gasteiger partial charge in [0.1, 0.15) is 0 Å². The van der Waals surface area contributed by atoms with Gasteiger partial charge in [-0.2, -0.15) is 10.1 Å². The molecule has 0 saturated heterocycles. The second-order valence-electron chi connectivity index (χ2n) is 5.78. The molecule has 0 fully saturated rings. The minimum absolute atomic E-state index is 0.00701. The molecule has 0 saturated carbocycles. The number of nitrogens with one attached hydrogen (secondary N) is 2. The van der Waals surface area contributed by atoms with Gasteiger partial charge in [0, 0.05) is 25.7 Å². The monoisotopic (exact) mass is 371 g/mol. The molecule has 0 aliphatic rings. The summed E-state index contributed by atoms with van der Waals surface area (Å²) in [6.07, 6.45) is 0. The van der Waals surface area contributed by atoms with Crippen LogP contribution < -0.4 is 16.7 Å². The van der Waals surface area contributed by atoms with Gasteiger partial charge in [0.25, 0.3) is 11.2 Å². The summed E-state index contributed by atoms with van der Waals surface area (Å²) >= 11 is 0. The van der Waals surface area contributed by atoms with E-state index in [9.17, 15) is 19.7 Å². The van der Waals surface area contributed by atoms with Gasteiger partial charge in [-0.15, -0.1) is 0 Å². The maximum atomic E-state index is 12.1. The number of hydrazone groups is 1. The van der Waals surface area contributed by atoms with Crippen LogP contribution in [-0.2, 0) is 13.6 Å². The van der Waals surface area contributed by atoms with E-state index in [1.54, 1.807) is 23.6 Å².